The van der Waals surface area contributed by atoms with E-state index in [0.29, 0.717) is 31.8 Å². The Bertz CT molecular complexity index is 1370. The van der Waals surface area contributed by atoms with Crippen LogP contribution < -0.4 is 15.6 Å². The van der Waals surface area contributed by atoms with Gasteiger partial charge in [0.05, 0.1) is 23.9 Å². The monoisotopic (exact) mass is 485 g/mol. The lowest BCUT2D eigenvalue weighted by molar-refractivity contribution is -0.113. The van der Waals surface area contributed by atoms with Gasteiger partial charge in [-0.2, -0.15) is 0 Å². The van der Waals surface area contributed by atoms with Gasteiger partial charge in [-0.15, -0.1) is 11.3 Å². The molecular weight excluding hydrogens is 466 g/mol. The van der Waals surface area contributed by atoms with Crippen LogP contribution in [-0.2, 0) is 4.79 Å². The van der Waals surface area contributed by atoms with Gasteiger partial charge in [-0.25, -0.2) is 4.98 Å². The lowest BCUT2D eigenvalue weighted by atomic mass is 10.0. The number of ether oxygens (including phenoxy) is 1. The van der Waals surface area contributed by atoms with E-state index in [1.165, 1.54) is 30.2 Å². The van der Waals surface area contributed by atoms with Crippen molar-refractivity contribution in [2.75, 3.05) is 18.2 Å². The fourth-order valence-corrected chi connectivity index (χ4v) is 5.29. The van der Waals surface area contributed by atoms with Gasteiger partial charge in [0.1, 0.15) is 10.6 Å². The van der Waals surface area contributed by atoms with Gasteiger partial charge in [0.2, 0.25) is 5.91 Å². The van der Waals surface area contributed by atoms with Crippen molar-refractivity contribution in [2.24, 2.45) is 0 Å². The van der Waals surface area contributed by atoms with Crippen LogP contribution in [0.4, 0.5) is 5.69 Å². The van der Waals surface area contributed by atoms with Crippen molar-refractivity contribution < 1.29 is 9.53 Å². The van der Waals surface area contributed by atoms with E-state index in [1.54, 1.807) is 12.1 Å². The highest BCUT2D eigenvalue weighted by molar-refractivity contribution is 7.99. The Hall–Kier alpha value is -2.81. The number of nitrogens with one attached hydrogen (secondary N) is 2. The molecule has 0 fully saturated rings. The van der Waals surface area contributed by atoms with Gasteiger partial charge >= 0.3 is 0 Å². The maximum absolute atomic E-state index is 12.9. The first-order chi connectivity index (χ1) is 15.4. The van der Waals surface area contributed by atoms with Gasteiger partial charge in [0.25, 0.3) is 5.56 Å². The number of nitrogens with zero attached hydrogens (tertiary/aromatic N) is 1. The first-order valence-electron chi connectivity index (χ1n) is 9.73. The summed E-state index contributed by atoms with van der Waals surface area (Å²) in [5, 5.41) is 4.36. The van der Waals surface area contributed by atoms with Crippen LogP contribution in [0.1, 0.15) is 10.4 Å². The van der Waals surface area contributed by atoms with Crippen molar-refractivity contribution in [1.29, 1.82) is 0 Å². The number of carbonyl (C=O) groups excluding carboxylic acids is 1. The van der Waals surface area contributed by atoms with Crippen LogP contribution in [0.5, 0.6) is 5.75 Å². The standard InChI is InChI=1S/C23H20ClN3O3S2/c1-12-9-16(17(30-3)10-15(12)24)25-18(28)11-31-23-26-21(29)20-19(13(2)32-22(20)27-23)14-7-5-4-6-8-14/h4-10H,11H2,1-3H3,(H,25,28)(H,26,27,29). The molecule has 0 unspecified atom stereocenters. The number of aromatic nitrogens is 2. The number of rotatable bonds is 6. The molecule has 2 N–H and O–H groups in total. The molecule has 0 aliphatic rings. The third-order valence-corrected chi connectivity index (χ3v) is 7.15. The fourth-order valence-electron chi connectivity index (χ4n) is 3.37. The summed E-state index contributed by atoms with van der Waals surface area (Å²) in [5.74, 6) is 0.314. The number of methoxy groups -OCH3 is 1. The maximum atomic E-state index is 12.9. The van der Waals surface area contributed by atoms with Gasteiger partial charge in [-0.1, -0.05) is 53.7 Å². The molecule has 4 rings (SSSR count). The van der Waals surface area contributed by atoms with Crippen molar-refractivity contribution in [2.45, 2.75) is 19.0 Å². The Kier molecular flexibility index (Phi) is 6.55. The van der Waals surface area contributed by atoms with E-state index in [0.717, 1.165) is 21.6 Å². The topological polar surface area (TPSA) is 84.1 Å². The van der Waals surface area contributed by atoms with E-state index in [-0.39, 0.29) is 17.2 Å². The lowest BCUT2D eigenvalue weighted by Gasteiger charge is -2.12. The Morgan fingerprint density at radius 1 is 1.25 bits per heavy atom. The van der Waals surface area contributed by atoms with Crippen LogP contribution in [0.2, 0.25) is 5.02 Å². The average molecular weight is 486 g/mol. The smallest absolute Gasteiger partial charge is 0.260 e. The number of thiophene rings is 1. The van der Waals surface area contributed by atoms with E-state index in [4.69, 9.17) is 16.3 Å². The highest BCUT2D eigenvalue weighted by atomic mass is 35.5. The predicted octanol–water partition coefficient (Wildman–Crippen LogP) is 5.66. The predicted molar refractivity (Wildman–Crippen MR) is 133 cm³/mol. The summed E-state index contributed by atoms with van der Waals surface area (Å²) in [6, 6.07) is 13.2. The van der Waals surface area contributed by atoms with Crippen LogP contribution in [0.25, 0.3) is 21.3 Å². The number of aromatic amines is 1. The van der Waals surface area contributed by atoms with Crippen LogP contribution in [0.3, 0.4) is 0 Å². The molecule has 6 nitrogen and oxygen atoms in total. The molecule has 0 aliphatic carbocycles. The molecule has 4 aromatic rings. The number of carbonyl (C=O) groups is 1. The zero-order valence-electron chi connectivity index (χ0n) is 17.6. The van der Waals surface area contributed by atoms with Crippen molar-refractivity contribution in [1.82, 2.24) is 9.97 Å². The summed E-state index contributed by atoms with van der Waals surface area (Å²) >= 11 is 8.76. The number of benzene rings is 2. The van der Waals surface area contributed by atoms with Crippen LogP contribution in [0, 0.1) is 13.8 Å². The summed E-state index contributed by atoms with van der Waals surface area (Å²) in [7, 11) is 1.52. The summed E-state index contributed by atoms with van der Waals surface area (Å²) < 4.78 is 5.29. The number of hydrogen-bond acceptors (Lipinski definition) is 6. The zero-order valence-corrected chi connectivity index (χ0v) is 20.0. The summed E-state index contributed by atoms with van der Waals surface area (Å²) in [4.78, 5) is 34.4. The number of anilines is 1. The molecular formula is C23H20ClN3O3S2. The number of halogens is 1. The zero-order chi connectivity index (χ0) is 22.8. The Morgan fingerprint density at radius 2 is 2.00 bits per heavy atom. The van der Waals surface area contributed by atoms with E-state index < -0.39 is 0 Å². The van der Waals surface area contributed by atoms with Crippen molar-refractivity contribution in [3.63, 3.8) is 0 Å². The number of fused-ring (bicyclic) bond motifs is 1. The first-order valence-corrected chi connectivity index (χ1v) is 11.9. The van der Waals surface area contributed by atoms with Crippen molar-refractivity contribution in [3.8, 4) is 16.9 Å². The van der Waals surface area contributed by atoms with Crippen LogP contribution in [0.15, 0.2) is 52.4 Å². The average Bonchev–Trinajstić information content (AvgIpc) is 3.11. The molecule has 0 aliphatic heterocycles. The van der Waals surface area contributed by atoms with E-state index in [2.05, 4.69) is 15.3 Å². The molecule has 9 heteroatoms. The van der Waals surface area contributed by atoms with Crippen LogP contribution >= 0.6 is 34.7 Å². The number of thioether (sulfide) groups is 1. The van der Waals surface area contributed by atoms with E-state index in [9.17, 15) is 9.59 Å². The molecule has 164 valence electrons. The number of hydrogen-bond donors (Lipinski definition) is 2. The fraction of sp³-hybridized carbons (Fsp3) is 0.174. The highest BCUT2D eigenvalue weighted by Crippen LogP contribution is 2.36. The normalized spacial score (nSPS) is 11.0. The molecule has 2 heterocycles. The van der Waals surface area contributed by atoms with Crippen molar-refractivity contribution in [3.05, 3.63) is 68.3 Å². The molecule has 0 radical (unpaired) electrons. The van der Waals surface area contributed by atoms with Crippen LogP contribution in [-0.4, -0.2) is 28.7 Å². The quantitative estimate of drug-likeness (QED) is 0.272. The summed E-state index contributed by atoms with van der Waals surface area (Å²) in [5.41, 5.74) is 3.04. The minimum absolute atomic E-state index is 0.0785. The van der Waals surface area contributed by atoms with Gasteiger partial charge in [-0.3, -0.25) is 9.59 Å². The van der Waals surface area contributed by atoms with E-state index >= 15 is 0 Å². The molecule has 2 aromatic heterocycles. The minimum Gasteiger partial charge on any atom is -0.495 e. The number of H-pyrrole nitrogens is 1. The SMILES string of the molecule is COc1cc(Cl)c(C)cc1NC(=O)CSc1nc2sc(C)c(-c3ccccc3)c2c(=O)[nH]1. The summed E-state index contributed by atoms with van der Waals surface area (Å²) in [6.45, 7) is 3.83. The molecule has 2 aromatic carbocycles. The Morgan fingerprint density at radius 3 is 2.72 bits per heavy atom. The second kappa shape index (κ2) is 9.36. The van der Waals surface area contributed by atoms with Gasteiger partial charge in [0.15, 0.2) is 5.16 Å². The van der Waals surface area contributed by atoms with E-state index in [1.807, 2.05) is 44.2 Å². The third kappa shape index (κ3) is 4.53. The molecule has 0 bridgehead atoms. The molecule has 0 saturated carbocycles. The second-order valence-electron chi connectivity index (χ2n) is 7.09. The third-order valence-electron chi connectivity index (χ3n) is 4.87. The number of amides is 1. The van der Waals surface area contributed by atoms with Gasteiger partial charge in [0, 0.05) is 21.5 Å². The van der Waals surface area contributed by atoms with Gasteiger partial charge in [-0.05, 0) is 31.0 Å². The highest BCUT2D eigenvalue weighted by Gasteiger charge is 2.17. The maximum Gasteiger partial charge on any atom is 0.260 e. The molecule has 1 amide bonds. The largest absolute Gasteiger partial charge is 0.495 e. The first kappa shape index (κ1) is 22.4. The second-order valence-corrected chi connectivity index (χ2v) is 9.66. The minimum atomic E-state index is -0.245. The molecule has 0 saturated heterocycles. The summed E-state index contributed by atoms with van der Waals surface area (Å²) in [6.07, 6.45) is 0. The Balaban J connectivity index is 1.54. The molecule has 0 spiro atoms. The Labute approximate surface area is 198 Å². The van der Waals surface area contributed by atoms with Gasteiger partial charge < -0.3 is 15.0 Å². The molecule has 0 atom stereocenters. The van der Waals surface area contributed by atoms with Crippen molar-refractivity contribution >= 4 is 56.5 Å². The molecule has 32 heavy (non-hydrogen) atoms. The number of aryl methyl sites for hydroxylation is 2. The lowest BCUT2D eigenvalue weighted by Crippen LogP contribution is -2.16.